The zero-order chi connectivity index (χ0) is 9.40. The van der Waals surface area contributed by atoms with Crippen molar-refractivity contribution in [2.24, 2.45) is 0 Å². The molecule has 0 rings (SSSR count). The van der Waals surface area contributed by atoms with Crippen molar-refractivity contribution in [2.45, 2.75) is 0 Å². The first-order chi connectivity index (χ1) is 5.70. The van der Waals surface area contributed by atoms with E-state index in [1.807, 2.05) is 0 Å². The summed E-state index contributed by atoms with van der Waals surface area (Å²) in [5.41, 5.74) is 0. The summed E-state index contributed by atoms with van der Waals surface area (Å²) in [6, 6.07) is 0. The minimum Gasteiger partial charge on any atom is -0.354 e. The van der Waals surface area contributed by atoms with Crippen LogP contribution in [-0.4, -0.2) is 35.6 Å². The fourth-order valence-corrected chi connectivity index (χ4v) is 0.895. The maximum atomic E-state index is 10.6. The second kappa shape index (κ2) is 7.54. The van der Waals surface area contributed by atoms with E-state index in [1.165, 1.54) is 0 Å². The molecule has 0 aliphatic carbocycles. The Morgan fingerprint density at radius 2 is 1.75 bits per heavy atom. The third-order valence-electron chi connectivity index (χ3n) is 1.01. The lowest BCUT2D eigenvalue weighted by atomic mass is 10.6. The van der Waals surface area contributed by atoms with Gasteiger partial charge in [0.15, 0.2) is 0 Å². The molecule has 12 heavy (non-hydrogen) atoms. The Hall–Kier alpha value is -0.100. The normalized spacial score (nSPS) is 9.17. The van der Waals surface area contributed by atoms with Crippen LogP contribution in [0.3, 0.4) is 0 Å². The van der Waals surface area contributed by atoms with E-state index in [1.54, 1.807) is 0 Å². The van der Waals surface area contributed by atoms with Gasteiger partial charge in [0.05, 0.1) is 10.7 Å². The van der Waals surface area contributed by atoms with E-state index in [-0.39, 0.29) is 11.8 Å². The van der Waals surface area contributed by atoms with Gasteiger partial charge < -0.3 is 10.6 Å². The molecule has 0 bridgehead atoms. The highest BCUT2D eigenvalue weighted by molar-refractivity contribution is 9.09. The van der Waals surface area contributed by atoms with Gasteiger partial charge in [-0.2, -0.15) is 0 Å². The largest absolute Gasteiger partial charge is 0.354 e. The molecule has 0 aromatic carbocycles. The van der Waals surface area contributed by atoms with Gasteiger partial charge >= 0.3 is 0 Å². The first kappa shape index (κ1) is 11.9. The van der Waals surface area contributed by atoms with Crippen LogP contribution in [0.2, 0.25) is 0 Å². The van der Waals surface area contributed by atoms with Crippen molar-refractivity contribution in [3.63, 3.8) is 0 Å². The van der Waals surface area contributed by atoms with Crippen molar-refractivity contribution in [2.75, 3.05) is 23.7 Å². The van der Waals surface area contributed by atoms with Gasteiger partial charge in [-0.3, -0.25) is 9.59 Å². The van der Waals surface area contributed by atoms with Crippen LogP contribution < -0.4 is 10.6 Å². The summed E-state index contributed by atoms with van der Waals surface area (Å²) >= 11 is 6.01. The van der Waals surface area contributed by atoms with E-state index in [9.17, 15) is 9.59 Å². The molecule has 0 aliphatic heterocycles. The Labute approximate surface area is 87.7 Å². The minimum atomic E-state index is -0.0805. The van der Waals surface area contributed by atoms with E-state index >= 15 is 0 Å². The standard InChI is InChI=1S/C6H10Br2N2O2/c7-3-5(11)9-1-2-10-6(12)4-8/h1-4H2,(H,9,11)(H,10,12)/i3+1,5+1,11+2. The van der Waals surface area contributed by atoms with Crippen molar-refractivity contribution in [3.8, 4) is 0 Å². The Morgan fingerprint density at radius 1 is 1.17 bits per heavy atom. The van der Waals surface area contributed by atoms with Gasteiger partial charge in [0, 0.05) is 13.1 Å². The first-order valence-corrected chi connectivity index (χ1v) is 5.60. The summed E-state index contributed by atoms with van der Waals surface area (Å²) in [6.07, 6.45) is 0. The lowest BCUT2D eigenvalue weighted by molar-refractivity contribution is -0.120. The molecule has 0 aromatic rings. The van der Waals surface area contributed by atoms with E-state index in [0.717, 1.165) is 0 Å². The molecular formula is C6H10Br2N2O2. The molecule has 0 atom stereocenters. The van der Waals surface area contributed by atoms with Crippen molar-refractivity contribution in [3.05, 3.63) is 0 Å². The van der Waals surface area contributed by atoms with Gasteiger partial charge in [-0.15, -0.1) is 0 Å². The van der Waals surface area contributed by atoms with Gasteiger partial charge in [-0.05, 0) is 0 Å². The summed E-state index contributed by atoms with van der Waals surface area (Å²) < 4.78 is 0. The van der Waals surface area contributed by atoms with Crippen LogP contribution in [0.25, 0.3) is 0 Å². The number of hydrogen-bond acceptors (Lipinski definition) is 2. The lowest BCUT2D eigenvalue weighted by Gasteiger charge is -2.03. The third kappa shape index (κ3) is 6.60. The van der Waals surface area contributed by atoms with Crippen LogP contribution in [0.1, 0.15) is 0 Å². The van der Waals surface area contributed by atoms with Crippen LogP contribution in [0.5, 0.6) is 0 Å². The smallest absolute Gasteiger partial charge is 0.230 e. The summed E-state index contributed by atoms with van der Waals surface area (Å²) in [4.78, 5) is 21.3. The molecule has 2 amide bonds. The molecule has 0 spiro atoms. The second-order valence-corrected chi connectivity index (χ2v) is 3.09. The number of halogens is 2. The van der Waals surface area contributed by atoms with Gasteiger partial charge in [0.2, 0.25) is 11.8 Å². The molecule has 0 radical (unpaired) electrons. The Kier molecular flexibility index (Phi) is 7.48. The summed E-state index contributed by atoms with van der Waals surface area (Å²) in [5.74, 6) is -0.161. The van der Waals surface area contributed by atoms with E-state index < -0.39 is 0 Å². The van der Waals surface area contributed by atoms with Crippen LogP contribution in [0.4, 0.5) is 0 Å². The number of nitrogens with one attached hydrogen (secondary N) is 2. The molecule has 0 aliphatic rings. The highest BCUT2D eigenvalue weighted by Crippen LogP contribution is 1.78. The molecule has 70 valence electrons. The highest BCUT2D eigenvalue weighted by Gasteiger charge is 1.98. The molecule has 6 heteroatoms. The van der Waals surface area contributed by atoms with Crippen LogP contribution in [0, 0.1) is 0 Å². The third-order valence-corrected chi connectivity index (χ3v) is 2.03. The second-order valence-electron chi connectivity index (χ2n) is 1.97. The van der Waals surface area contributed by atoms with Crippen molar-refractivity contribution < 1.29 is 9.59 Å². The number of carbonyl (C=O) groups is 2. The highest BCUT2D eigenvalue weighted by atomic mass is 79.9. The lowest BCUT2D eigenvalue weighted by Crippen LogP contribution is -2.35. The summed E-state index contributed by atoms with van der Waals surface area (Å²) in [5, 5.41) is 5.77. The maximum absolute atomic E-state index is 10.6. The minimum absolute atomic E-state index is 0.0805. The average molecular weight is 306 g/mol. The number of amides is 2. The zero-order valence-electron chi connectivity index (χ0n) is 6.40. The van der Waals surface area contributed by atoms with Crippen molar-refractivity contribution in [1.82, 2.24) is 10.6 Å². The molecule has 0 unspecified atom stereocenters. The molecule has 0 saturated heterocycles. The summed E-state index contributed by atoms with van der Waals surface area (Å²) in [6.45, 7) is 0.923. The van der Waals surface area contributed by atoms with E-state index in [2.05, 4.69) is 42.5 Å². The molecule has 4 nitrogen and oxygen atoms in total. The molecule has 0 fully saturated rings. The van der Waals surface area contributed by atoms with Gasteiger partial charge in [-0.1, -0.05) is 31.9 Å². The van der Waals surface area contributed by atoms with Crippen molar-refractivity contribution >= 4 is 43.7 Å². The van der Waals surface area contributed by atoms with Crippen LogP contribution in [0.15, 0.2) is 0 Å². The predicted molar refractivity (Wildman–Crippen MR) is 53.6 cm³/mol. The molecule has 0 heterocycles. The van der Waals surface area contributed by atoms with Crippen LogP contribution in [-0.2, 0) is 9.59 Å². The average Bonchev–Trinajstić information content (AvgIpc) is 2.11. The summed E-state index contributed by atoms with van der Waals surface area (Å²) in [7, 11) is 0. The quantitative estimate of drug-likeness (QED) is 0.325. The number of carbonyl (C=O) groups excluding carboxylic acids is 2. The van der Waals surface area contributed by atoms with Crippen molar-refractivity contribution in [1.29, 1.82) is 0 Å². The topological polar surface area (TPSA) is 58.2 Å². The monoisotopic (exact) mass is 304 g/mol. The van der Waals surface area contributed by atoms with E-state index in [4.69, 9.17) is 0 Å². The first-order valence-electron chi connectivity index (χ1n) is 3.36. The van der Waals surface area contributed by atoms with Gasteiger partial charge in [0.1, 0.15) is 0 Å². The Morgan fingerprint density at radius 3 is 2.25 bits per heavy atom. The predicted octanol–water partition coefficient (Wildman–Crippen LogP) is 0.00860. The van der Waals surface area contributed by atoms with Crippen LogP contribution >= 0.6 is 31.9 Å². The number of hydrogen-bond donors (Lipinski definition) is 2. The Balaban J connectivity index is 3.21. The fourth-order valence-electron chi connectivity index (χ4n) is 0.498. The molecule has 0 saturated carbocycles. The SMILES string of the molecule is O=C(CBr)NCCN[13C](=[18O])[13CH2]Br. The molecule has 2 N–H and O–H groups in total. The van der Waals surface area contributed by atoms with Gasteiger partial charge in [0.25, 0.3) is 0 Å². The molecule has 0 aromatic heterocycles. The van der Waals surface area contributed by atoms with Gasteiger partial charge in [-0.25, -0.2) is 0 Å². The zero-order valence-corrected chi connectivity index (χ0v) is 9.57. The number of rotatable bonds is 5. The fraction of sp³-hybridized carbons (Fsp3) is 0.667. The Bertz CT molecular complexity index is 146. The number of alkyl halides is 2. The maximum Gasteiger partial charge on any atom is 0.230 e. The molecular weight excluding hydrogens is 296 g/mol. The van der Waals surface area contributed by atoms with E-state index in [0.29, 0.717) is 23.7 Å².